The molecular formula is C56H78O23. The first-order valence-corrected chi connectivity index (χ1v) is 24.0. The summed E-state index contributed by atoms with van der Waals surface area (Å²) in [6.07, 6.45) is 8.04. The Labute approximate surface area is 462 Å². The summed E-state index contributed by atoms with van der Waals surface area (Å²) in [5, 5.41) is 0. The summed E-state index contributed by atoms with van der Waals surface area (Å²) in [6, 6.07) is 0. The van der Waals surface area contributed by atoms with Gasteiger partial charge in [0, 0.05) is 64.7 Å². The Kier molecular flexibility index (Phi) is 41.9. The summed E-state index contributed by atoms with van der Waals surface area (Å²) in [6.45, 7) is 41.9. The summed E-state index contributed by atoms with van der Waals surface area (Å²) >= 11 is 0. The molecule has 0 aliphatic rings. The van der Waals surface area contributed by atoms with Crippen LogP contribution in [0.1, 0.15) is 47.5 Å². The van der Waals surface area contributed by atoms with E-state index in [4.69, 9.17) is 61.6 Å². The number of hydrogen-bond donors (Lipinski definition) is 0. The molecule has 0 aromatic rings. The average molecular weight is 1120 g/mol. The Hall–Kier alpha value is -8.02. The van der Waals surface area contributed by atoms with E-state index in [0.717, 1.165) is 42.5 Å². The van der Waals surface area contributed by atoms with Crippen molar-refractivity contribution < 1.29 is 110 Å². The fraction of sp³-hybridized carbons (Fsp3) is 0.464. The fourth-order valence-electron chi connectivity index (χ4n) is 4.92. The number of esters is 10. The van der Waals surface area contributed by atoms with Crippen molar-refractivity contribution in [2.75, 3.05) is 106 Å². The second-order valence-electron chi connectivity index (χ2n) is 16.8. The lowest BCUT2D eigenvalue weighted by Gasteiger charge is -2.32. The van der Waals surface area contributed by atoms with E-state index in [2.05, 4.69) is 65.8 Å². The molecule has 0 spiro atoms. The predicted octanol–water partition coefficient (Wildman–Crippen LogP) is 5.25. The normalized spacial score (nSPS) is 10.4. The number of carbonyl (C=O) groups excluding carboxylic acids is 10. The first kappa shape index (κ1) is 75.2. The molecule has 0 N–H and O–H groups in total. The number of rotatable bonds is 41. The van der Waals surface area contributed by atoms with Crippen LogP contribution in [0, 0.1) is 16.2 Å². The molecule has 0 saturated heterocycles. The minimum atomic E-state index is -1.34. The summed E-state index contributed by atoms with van der Waals surface area (Å²) in [7, 11) is 0. The van der Waals surface area contributed by atoms with Crippen LogP contribution in [0.25, 0.3) is 0 Å². The van der Waals surface area contributed by atoms with E-state index in [0.29, 0.717) is 12.8 Å². The molecule has 0 aliphatic carbocycles. The van der Waals surface area contributed by atoms with Gasteiger partial charge in [-0.05, 0) is 33.6 Å². The highest BCUT2D eigenvalue weighted by molar-refractivity contribution is 5.88. The van der Waals surface area contributed by atoms with Crippen LogP contribution in [0.15, 0.2) is 125 Å². The van der Waals surface area contributed by atoms with Gasteiger partial charge in [-0.1, -0.05) is 79.6 Å². The minimum Gasteiger partial charge on any atom is -0.462 e. The van der Waals surface area contributed by atoms with Crippen molar-refractivity contribution in [2.45, 2.75) is 47.5 Å². The Morgan fingerprint density at radius 1 is 0.291 bits per heavy atom. The quantitative estimate of drug-likeness (QED) is 0.0327. The van der Waals surface area contributed by atoms with Crippen LogP contribution >= 0.6 is 0 Å². The smallest absolute Gasteiger partial charge is 0.333 e. The molecule has 0 unspecified atom stereocenters. The van der Waals surface area contributed by atoms with Gasteiger partial charge in [0.25, 0.3) is 0 Å². The lowest BCUT2D eigenvalue weighted by molar-refractivity contribution is -0.165. The van der Waals surface area contributed by atoms with Gasteiger partial charge in [0.1, 0.15) is 71.5 Å². The van der Waals surface area contributed by atoms with Gasteiger partial charge in [0.2, 0.25) is 0 Å². The van der Waals surface area contributed by atoms with Gasteiger partial charge in [0.05, 0.1) is 45.1 Å². The first-order chi connectivity index (χ1) is 37.3. The van der Waals surface area contributed by atoms with Crippen molar-refractivity contribution in [3.05, 3.63) is 125 Å². The van der Waals surface area contributed by atoms with Crippen molar-refractivity contribution in [2.24, 2.45) is 16.2 Å². The molecule has 79 heavy (non-hydrogen) atoms. The van der Waals surface area contributed by atoms with E-state index in [1.54, 1.807) is 0 Å². The Balaban J connectivity index is -0.00000111. The molecule has 23 heteroatoms. The highest BCUT2D eigenvalue weighted by atomic mass is 16.6. The maximum atomic E-state index is 11.6. The summed E-state index contributed by atoms with van der Waals surface area (Å²) in [5.74, 6) is -6.29. The monoisotopic (exact) mass is 1120 g/mol. The third-order valence-corrected chi connectivity index (χ3v) is 9.96. The van der Waals surface area contributed by atoms with Gasteiger partial charge in [0.15, 0.2) is 0 Å². The Bertz CT molecular complexity index is 1880. The first-order valence-electron chi connectivity index (χ1n) is 24.0. The Morgan fingerprint density at radius 3 is 0.671 bits per heavy atom. The molecule has 440 valence electrons. The van der Waals surface area contributed by atoms with E-state index < -0.39 is 75.9 Å². The summed E-state index contributed by atoms with van der Waals surface area (Å²) in [4.78, 5) is 113. The van der Waals surface area contributed by atoms with E-state index in [-0.39, 0.29) is 122 Å². The number of hydrogen-bond acceptors (Lipinski definition) is 23. The number of carbonyl (C=O) groups is 10. The van der Waals surface area contributed by atoms with Crippen molar-refractivity contribution in [3.8, 4) is 0 Å². The zero-order valence-electron chi connectivity index (χ0n) is 46.2. The SMILES string of the molecule is C=C(C)C(=O)OCC(CC)(COC(=O)C(=C)C)COC(=O)C(=C)C.C=CC(=O)OCC(COC(=O)C=C)(COC(=O)C=C)COC(=O)C=C.C=CC(=O)OCCOCC(CC)(COCCOC(=O)C=C)COCCOC(=O)C=C. The lowest BCUT2D eigenvalue weighted by atomic mass is 9.88. The van der Waals surface area contributed by atoms with E-state index in [1.165, 1.54) is 20.8 Å². The van der Waals surface area contributed by atoms with E-state index in [9.17, 15) is 47.9 Å². The zero-order chi connectivity index (χ0) is 60.9. The van der Waals surface area contributed by atoms with Gasteiger partial charge in [-0.25, -0.2) is 47.9 Å². The molecular weight excluding hydrogens is 1040 g/mol. The predicted molar refractivity (Wildman–Crippen MR) is 286 cm³/mol. The van der Waals surface area contributed by atoms with Crippen molar-refractivity contribution in [3.63, 3.8) is 0 Å². The van der Waals surface area contributed by atoms with Gasteiger partial charge in [-0.2, -0.15) is 0 Å². The van der Waals surface area contributed by atoms with Crippen LogP contribution in [-0.4, -0.2) is 165 Å². The van der Waals surface area contributed by atoms with Gasteiger partial charge >= 0.3 is 59.7 Å². The van der Waals surface area contributed by atoms with E-state index in [1.807, 2.05) is 13.8 Å². The molecule has 0 saturated carbocycles. The number of ether oxygens (including phenoxy) is 13. The molecule has 0 aromatic heterocycles. The second-order valence-corrected chi connectivity index (χ2v) is 16.8. The topological polar surface area (TPSA) is 291 Å². The van der Waals surface area contributed by atoms with Gasteiger partial charge in [-0.15, -0.1) is 0 Å². The molecule has 0 heterocycles. The maximum Gasteiger partial charge on any atom is 0.333 e. The van der Waals surface area contributed by atoms with Crippen molar-refractivity contribution in [1.29, 1.82) is 0 Å². The standard InChI is InChI=1S/C21H32O9.C18H26O6.C17H20O8/c1-5-18(22)28-12-9-25-15-21(8-4,16-26-10-13-29-19(23)6-2)17-27-11-14-30-20(24)7-3;1-8-18(9-22-15(19)12(2)3,10-23-16(20)13(4)5)11-24-17(21)14(6)7;1-5-13(18)22-9-17(10-23-14(19)6-2,11-24-15(20)7-3)12-25-16(21)8-4/h5-7H,1-3,8-17H2,4H3;2,4,6,8-11H2,1,3,5,7H3;5-8H,1-4,9-12H2. The largest absolute Gasteiger partial charge is 0.462 e. The molecule has 0 bridgehead atoms. The van der Waals surface area contributed by atoms with Gasteiger partial charge in [-0.3, -0.25) is 0 Å². The molecule has 0 atom stereocenters. The fourth-order valence-corrected chi connectivity index (χ4v) is 4.92. The molecule has 0 rings (SSSR count). The minimum absolute atomic E-state index is 0.0812. The maximum absolute atomic E-state index is 11.6. The Morgan fingerprint density at radius 2 is 0.481 bits per heavy atom. The van der Waals surface area contributed by atoms with Crippen LogP contribution in [0.2, 0.25) is 0 Å². The third-order valence-electron chi connectivity index (χ3n) is 9.96. The molecule has 0 aliphatic heterocycles. The summed E-state index contributed by atoms with van der Waals surface area (Å²) < 4.78 is 66.9. The molecule has 0 fully saturated rings. The lowest BCUT2D eigenvalue weighted by Crippen LogP contribution is -2.43. The summed E-state index contributed by atoms with van der Waals surface area (Å²) in [5.41, 5.74) is -1.95. The highest BCUT2D eigenvalue weighted by Gasteiger charge is 2.38. The second kappa shape index (κ2) is 44.0. The van der Waals surface area contributed by atoms with Gasteiger partial charge < -0.3 is 61.6 Å². The molecule has 23 nitrogen and oxygen atoms in total. The highest BCUT2D eigenvalue weighted by Crippen LogP contribution is 2.27. The van der Waals surface area contributed by atoms with Crippen molar-refractivity contribution in [1.82, 2.24) is 0 Å². The van der Waals surface area contributed by atoms with E-state index >= 15 is 0 Å². The average Bonchev–Trinajstić information content (AvgIpc) is 3.45. The van der Waals surface area contributed by atoms with Crippen LogP contribution in [0.3, 0.4) is 0 Å². The third kappa shape index (κ3) is 37.4. The zero-order valence-corrected chi connectivity index (χ0v) is 46.2. The van der Waals surface area contributed by atoms with Crippen molar-refractivity contribution >= 4 is 59.7 Å². The molecule has 0 aromatic carbocycles. The van der Waals surface area contributed by atoms with Crippen LogP contribution in [0.4, 0.5) is 0 Å². The molecule has 0 radical (unpaired) electrons. The van der Waals surface area contributed by atoms with Crippen LogP contribution in [0.5, 0.6) is 0 Å². The van der Waals surface area contributed by atoms with Crippen LogP contribution < -0.4 is 0 Å². The van der Waals surface area contributed by atoms with Crippen LogP contribution in [-0.2, 0) is 110 Å². The molecule has 0 amide bonds.